The molecule has 0 aromatic heterocycles. The zero-order valence-electron chi connectivity index (χ0n) is 18.3. The average Bonchev–Trinajstić information content (AvgIpc) is 2.80. The van der Waals surface area contributed by atoms with Crippen molar-refractivity contribution in [2.75, 3.05) is 4.72 Å². The molecule has 0 radical (unpaired) electrons. The lowest BCUT2D eigenvalue weighted by molar-refractivity contribution is 0.101. The zero-order valence-corrected chi connectivity index (χ0v) is 19.1. The van der Waals surface area contributed by atoms with Crippen molar-refractivity contribution >= 4 is 21.5 Å². The number of ketones is 1. The van der Waals surface area contributed by atoms with Crippen molar-refractivity contribution in [3.63, 3.8) is 0 Å². The number of nitrogens with zero attached hydrogens (tertiary/aromatic N) is 1. The third-order valence-electron chi connectivity index (χ3n) is 5.01. The molecule has 0 saturated carbocycles. The predicted octanol–water partition coefficient (Wildman–Crippen LogP) is 4.80. The molecule has 0 spiro atoms. The number of phenols is 1. The highest BCUT2D eigenvalue weighted by Crippen LogP contribution is 2.33. The molecule has 0 aliphatic carbocycles. The van der Waals surface area contributed by atoms with Gasteiger partial charge in [-0.2, -0.15) is 5.26 Å². The Labute approximate surface area is 193 Å². The first-order valence-electron chi connectivity index (χ1n) is 10.4. The number of ether oxygens (including phenoxy) is 1. The second-order valence-corrected chi connectivity index (χ2v) is 9.15. The Kier molecular flexibility index (Phi) is 7.36. The fourth-order valence-corrected chi connectivity index (χ4v) is 4.34. The second-order valence-electron chi connectivity index (χ2n) is 7.47. The monoisotopic (exact) mass is 464 g/mol. The fraction of sp³-hybridized carbons (Fsp3) is 0.200. The van der Waals surface area contributed by atoms with Gasteiger partial charge in [-0.15, -0.1) is 0 Å². The number of phenolic OH excluding ortho intramolecular Hbond substituents is 1. The summed E-state index contributed by atoms with van der Waals surface area (Å²) in [6.45, 7) is 3.53. The van der Waals surface area contributed by atoms with E-state index in [1.54, 1.807) is 18.2 Å². The van der Waals surface area contributed by atoms with Crippen molar-refractivity contribution in [1.29, 1.82) is 5.26 Å². The normalized spacial score (nSPS) is 10.9. The maximum atomic E-state index is 12.6. The highest BCUT2D eigenvalue weighted by Gasteiger charge is 2.17. The van der Waals surface area contributed by atoms with Gasteiger partial charge in [-0.05, 0) is 67.4 Å². The van der Waals surface area contributed by atoms with Crippen molar-refractivity contribution in [3.8, 4) is 17.6 Å². The second kappa shape index (κ2) is 10.2. The van der Waals surface area contributed by atoms with Crippen molar-refractivity contribution < 1.29 is 23.1 Å². The Morgan fingerprint density at radius 2 is 1.73 bits per heavy atom. The number of hydrogen-bond donors (Lipinski definition) is 2. The van der Waals surface area contributed by atoms with E-state index < -0.39 is 10.0 Å². The minimum atomic E-state index is -3.79. The van der Waals surface area contributed by atoms with Crippen LogP contribution in [0.1, 0.15) is 47.3 Å². The summed E-state index contributed by atoms with van der Waals surface area (Å²) in [6.07, 6.45) is 1.32. The quantitative estimate of drug-likeness (QED) is 0.440. The SMILES string of the molecule is CCCc1c(OCc2ccc(S(=O)(=O)Nc3ccc(C#N)cc3)cc2)ccc(C(C)=O)c1O. The van der Waals surface area contributed by atoms with E-state index in [-0.39, 0.29) is 28.6 Å². The number of benzene rings is 3. The van der Waals surface area contributed by atoms with Crippen LogP contribution in [0.3, 0.4) is 0 Å². The third-order valence-corrected chi connectivity index (χ3v) is 6.41. The molecule has 0 heterocycles. The molecular weight excluding hydrogens is 440 g/mol. The van der Waals surface area contributed by atoms with E-state index in [0.29, 0.717) is 29.0 Å². The smallest absolute Gasteiger partial charge is 0.261 e. The van der Waals surface area contributed by atoms with Crippen LogP contribution in [0.2, 0.25) is 0 Å². The van der Waals surface area contributed by atoms with Crippen LogP contribution in [0.25, 0.3) is 0 Å². The minimum absolute atomic E-state index is 0.0582. The summed E-state index contributed by atoms with van der Waals surface area (Å²) >= 11 is 0. The molecule has 0 atom stereocenters. The van der Waals surface area contributed by atoms with E-state index in [9.17, 15) is 18.3 Å². The van der Waals surface area contributed by atoms with E-state index >= 15 is 0 Å². The number of anilines is 1. The third kappa shape index (κ3) is 5.70. The molecule has 2 N–H and O–H groups in total. The number of Topliss-reactive ketones (excluding diaryl/α,β-unsaturated/α-hetero) is 1. The number of aromatic hydroxyl groups is 1. The van der Waals surface area contributed by atoms with Crippen molar-refractivity contribution in [2.24, 2.45) is 0 Å². The largest absolute Gasteiger partial charge is 0.507 e. The lowest BCUT2D eigenvalue weighted by atomic mass is 10.0. The van der Waals surface area contributed by atoms with Gasteiger partial charge in [0.15, 0.2) is 5.78 Å². The first-order chi connectivity index (χ1) is 15.7. The molecule has 170 valence electrons. The fourth-order valence-electron chi connectivity index (χ4n) is 3.28. The number of nitriles is 1. The van der Waals surface area contributed by atoms with Gasteiger partial charge in [-0.3, -0.25) is 9.52 Å². The Morgan fingerprint density at radius 3 is 2.30 bits per heavy atom. The van der Waals surface area contributed by atoms with Gasteiger partial charge in [0.05, 0.1) is 22.1 Å². The van der Waals surface area contributed by atoms with Crippen LogP contribution in [-0.2, 0) is 23.1 Å². The molecular formula is C25H24N2O5S. The molecule has 3 aromatic carbocycles. The van der Waals surface area contributed by atoms with E-state index in [4.69, 9.17) is 10.00 Å². The van der Waals surface area contributed by atoms with Crippen LogP contribution in [0.5, 0.6) is 11.5 Å². The van der Waals surface area contributed by atoms with Gasteiger partial charge in [0.1, 0.15) is 18.1 Å². The highest BCUT2D eigenvalue weighted by atomic mass is 32.2. The molecule has 0 saturated heterocycles. The molecule has 33 heavy (non-hydrogen) atoms. The lowest BCUT2D eigenvalue weighted by Crippen LogP contribution is -2.13. The van der Waals surface area contributed by atoms with Crippen LogP contribution in [-0.4, -0.2) is 19.3 Å². The number of hydrogen-bond acceptors (Lipinski definition) is 6. The zero-order chi connectivity index (χ0) is 24.0. The van der Waals surface area contributed by atoms with Gasteiger partial charge in [-0.25, -0.2) is 8.42 Å². The number of carbonyl (C=O) groups excluding carboxylic acids is 1. The minimum Gasteiger partial charge on any atom is -0.507 e. The van der Waals surface area contributed by atoms with E-state index in [1.807, 2.05) is 13.0 Å². The van der Waals surface area contributed by atoms with Crippen LogP contribution in [0.15, 0.2) is 65.6 Å². The standard InChI is InChI=1S/C25H24N2O5S/c1-3-4-23-24(14-13-22(17(2)28)25(23)29)32-16-19-7-11-21(12-8-19)33(30,31)27-20-9-5-18(15-26)6-10-20/h5-14,27,29H,3-4,16H2,1-2H3. The van der Waals surface area contributed by atoms with E-state index in [2.05, 4.69) is 4.72 Å². The highest BCUT2D eigenvalue weighted by molar-refractivity contribution is 7.92. The average molecular weight is 465 g/mol. The van der Waals surface area contributed by atoms with Crippen molar-refractivity contribution in [2.45, 2.75) is 38.2 Å². The predicted molar refractivity (Wildman–Crippen MR) is 125 cm³/mol. The summed E-state index contributed by atoms with van der Waals surface area (Å²) < 4.78 is 33.6. The van der Waals surface area contributed by atoms with Crippen LogP contribution in [0.4, 0.5) is 5.69 Å². The van der Waals surface area contributed by atoms with Crippen molar-refractivity contribution in [3.05, 3.63) is 82.9 Å². The van der Waals surface area contributed by atoms with Crippen molar-refractivity contribution in [1.82, 2.24) is 0 Å². The molecule has 3 rings (SSSR count). The van der Waals surface area contributed by atoms with Gasteiger partial charge < -0.3 is 9.84 Å². The summed E-state index contributed by atoms with van der Waals surface area (Å²) in [7, 11) is -3.79. The molecule has 0 fully saturated rings. The van der Waals surface area contributed by atoms with Gasteiger partial charge in [0, 0.05) is 11.3 Å². The number of nitrogens with one attached hydrogen (secondary N) is 1. The van der Waals surface area contributed by atoms with Gasteiger partial charge in [0.2, 0.25) is 0 Å². The molecule has 0 aliphatic heterocycles. The summed E-state index contributed by atoms with van der Waals surface area (Å²) in [6, 6.07) is 17.6. The Balaban J connectivity index is 1.72. The Bertz CT molecular complexity index is 1290. The summed E-state index contributed by atoms with van der Waals surface area (Å²) in [4.78, 5) is 11.8. The topological polar surface area (TPSA) is 116 Å². The molecule has 3 aromatic rings. The molecule has 0 bridgehead atoms. The Morgan fingerprint density at radius 1 is 1.06 bits per heavy atom. The van der Waals surface area contributed by atoms with Gasteiger partial charge in [0.25, 0.3) is 10.0 Å². The maximum Gasteiger partial charge on any atom is 0.261 e. The number of carbonyl (C=O) groups is 1. The molecule has 0 amide bonds. The maximum absolute atomic E-state index is 12.6. The summed E-state index contributed by atoms with van der Waals surface area (Å²) in [5.74, 6) is 0.207. The molecule has 0 aliphatic rings. The molecule has 8 heteroatoms. The first-order valence-corrected chi connectivity index (χ1v) is 11.8. The first kappa shape index (κ1) is 23.8. The van der Waals surface area contributed by atoms with Crippen LogP contribution >= 0.6 is 0 Å². The molecule has 7 nitrogen and oxygen atoms in total. The van der Waals surface area contributed by atoms with Crippen LogP contribution < -0.4 is 9.46 Å². The van der Waals surface area contributed by atoms with E-state index in [0.717, 1.165) is 12.0 Å². The number of sulfonamides is 1. The Hall–Kier alpha value is -3.83. The van der Waals surface area contributed by atoms with E-state index in [1.165, 1.54) is 49.4 Å². The van der Waals surface area contributed by atoms with Gasteiger partial charge in [-0.1, -0.05) is 25.5 Å². The lowest BCUT2D eigenvalue weighted by Gasteiger charge is -2.15. The summed E-state index contributed by atoms with van der Waals surface area (Å²) in [5, 5.41) is 19.3. The van der Waals surface area contributed by atoms with Gasteiger partial charge >= 0.3 is 0 Å². The molecule has 0 unspecified atom stereocenters. The number of rotatable bonds is 9. The van der Waals surface area contributed by atoms with Crippen LogP contribution in [0, 0.1) is 11.3 Å². The summed E-state index contributed by atoms with van der Waals surface area (Å²) in [5.41, 5.74) is 2.38.